The number of hydrogen-bond acceptors (Lipinski definition) is 30. The van der Waals surface area contributed by atoms with E-state index in [-0.39, 0.29) is 24.2 Å². The van der Waals surface area contributed by atoms with E-state index in [1.54, 1.807) is 0 Å². The molecule has 0 spiro atoms. The maximum absolute atomic E-state index is 13.5. The van der Waals surface area contributed by atoms with Gasteiger partial charge in [0.05, 0.1) is 0 Å². The Hall–Kier alpha value is -0.220. The monoisotopic (exact) mass is 1450 g/mol. The number of carbonyl (C=O) groups is 2. The van der Waals surface area contributed by atoms with E-state index in [1.807, 2.05) is 0 Å². The van der Waals surface area contributed by atoms with Gasteiger partial charge in [0.2, 0.25) is 5.24 Å². The van der Waals surface area contributed by atoms with Crippen LogP contribution in [0.3, 0.4) is 0 Å². The van der Waals surface area contributed by atoms with Crippen molar-refractivity contribution < 1.29 is 142 Å². The van der Waals surface area contributed by atoms with Crippen LogP contribution in [0.25, 0.3) is 0 Å². The van der Waals surface area contributed by atoms with Crippen molar-refractivity contribution in [3.05, 3.63) is 11.6 Å². The molecule has 7 unspecified atom stereocenters. The van der Waals surface area contributed by atoms with Crippen molar-refractivity contribution in [3.8, 4) is 0 Å². The summed E-state index contributed by atoms with van der Waals surface area (Å²) in [6.07, 6.45) is 0.576. The Morgan fingerprint density at radius 1 is 0.539 bits per heavy atom. The molecule has 0 amide bonds. The Labute approximate surface area is 530 Å². The van der Waals surface area contributed by atoms with Gasteiger partial charge in [0.1, 0.15) is 42.7 Å². The van der Waals surface area contributed by atoms with Gasteiger partial charge in [-0.2, -0.15) is 0 Å². The van der Waals surface area contributed by atoms with Crippen LogP contribution in [0, 0.1) is 46.3 Å². The molecule has 0 heterocycles. The second-order valence-corrected chi connectivity index (χ2v) is 35.1. The number of fused-ring (bicyclic) bond motifs is 5. The number of halogens is 1. The number of rotatable bonds is 32. The fourth-order valence-electron chi connectivity index (χ4n) is 12.7. The predicted molar refractivity (Wildman–Crippen MR) is 323 cm³/mol. The highest BCUT2D eigenvalue weighted by Crippen LogP contribution is 2.69. The topological polar surface area (TPSA) is 368 Å². The fraction of sp³-hybridized carbons (Fsp3) is 0.920. The Kier molecular flexibility index (Phi) is 34.7. The van der Waals surface area contributed by atoms with E-state index in [1.165, 1.54) is 57.4 Å². The summed E-state index contributed by atoms with van der Waals surface area (Å²) in [5, 5.41) is -0.361. The number of phosphoric ester groups is 7. The Morgan fingerprint density at radius 2 is 0.888 bits per heavy atom. The summed E-state index contributed by atoms with van der Waals surface area (Å²) in [7, 11) is -21.3. The minimum absolute atomic E-state index is 0. The number of phosphoric acid groups is 7. The molecule has 0 aliphatic heterocycles. The summed E-state index contributed by atoms with van der Waals surface area (Å²) < 4.78 is 199. The van der Waals surface area contributed by atoms with Crippen LogP contribution < -0.4 is 0 Å². The average molecular weight is 1450 g/mol. The van der Waals surface area contributed by atoms with E-state index in [9.17, 15) is 46.4 Å². The molecule has 39 heteroatoms. The molecule has 1 N–H and O–H groups in total. The van der Waals surface area contributed by atoms with Crippen LogP contribution in [0.5, 0.6) is 0 Å². The first-order valence-corrected chi connectivity index (χ1v) is 38.6. The third-order valence-electron chi connectivity index (χ3n) is 17.1. The number of hydrogen-bond donors (Lipinski definition) is 1. The van der Waals surface area contributed by atoms with Crippen LogP contribution >= 0.6 is 66.4 Å². The lowest BCUT2D eigenvalue weighted by atomic mass is 9.47. The van der Waals surface area contributed by atoms with E-state index < -0.39 is 97.5 Å². The lowest BCUT2D eigenvalue weighted by molar-refractivity contribution is -0.205. The molecule has 5 aliphatic rings. The van der Waals surface area contributed by atoms with E-state index >= 15 is 0 Å². The molecule has 31 nitrogen and oxygen atoms in total. The first-order chi connectivity index (χ1) is 40.9. The molecule has 0 aromatic rings. The van der Waals surface area contributed by atoms with Crippen molar-refractivity contribution in [3.63, 3.8) is 0 Å². The van der Waals surface area contributed by atoms with Gasteiger partial charge in [-0.05, 0) is 103 Å². The van der Waals surface area contributed by atoms with Crippen molar-refractivity contribution in [2.75, 3.05) is 92.4 Å². The molecular formula is C50H98ClO31P7. The minimum Gasteiger partial charge on any atom is -0.430 e. The quantitative estimate of drug-likeness (QED) is 0.0283. The van der Waals surface area contributed by atoms with Gasteiger partial charge in [-0.25, -0.2) is 36.7 Å². The fourth-order valence-corrected chi connectivity index (χ4v) is 18.2. The average Bonchev–Trinajstić information content (AvgIpc) is 1.78. The SMILES string of the molecule is C.CC(=O)Cl.COP(=O)(O)OC(=O)O[C@H]1CCC2(C)C(=CCC3C2CCC2(C)C3CCC2[C@@H](C)CCCC(C)C)C1.COP(=O)(OC)OC1C(OP(=O)(OC)OC)C(OP(=O)(OC)OC)C(OP(=O)(OC)OC)C(OP(=O)(OC)OC)C1OP(=O)(OC)OC. The van der Waals surface area contributed by atoms with Crippen LogP contribution in [0.15, 0.2) is 11.6 Å². The lowest BCUT2D eigenvalue weighted by Crippen LogP contribution is -2.66. The van der Waals surface area contributed by atoms with Gasteiger partial charge in [-0.3, -0.25) is 95.6 Å². The molecule has 0 radical (unpaired) electrons. The predicted octanol–water partition coefficient (Wildman–Crippen LogP) is 14.4. The Bertz CT molecular complexity index is 2320. The van der Waals surface area contributed by atoms with Gasteiger partial charge < -0.3 is 9.26 Å². The zero-order valence-electron chi connectivity index (χ0n) is 53.6. The summed E-state index contributed by atoms with van der Waals surface area (Å²) in [4.78, 5) is 30.6. The molecular weight excluding hydrogens is 1350 g/mol. The van der Waals surface area contributed by atoms with Crippen molar-refractivity contribution in [1.29, 1.82) is 0 Å². The summed E-state index contributed by atoms with van der Waals surface area (Å²) in [5.41, 5.74) is 2.05. The van der Waals surface area contributed by atoms with Gasteiger partial charge in [-0.15, -0.1) is 0 Å². The highest BCUT2D eigenvalue weighted by atomic mass is 35.5. The minimum atomic E-state index is -4.77. The third-order valence-corrected chi connectivity index (χ3v) is 26.3. The second kappa shape index (κ2) is 36.4. The molecule has 0 saturated heterocycles. The first kappa shape index (κ1) is 84.9. The number of carbonyl (C=O) groups excluding carboxylic acids is 2. The zero-order valence-corrected chi connectivity index (χ0v) is 60.6. The maximum atomic E-state index is 13.5. The summed E-state index contributed by atoms with van der Waals surface area (Å²) in [6, 6.07) is 0. The molecule has 0 aromatic carbocycles. The summed E-state index contributed by atoms with van der Waals surface area (Å²) >= 11 is 4.64. The highest BCUT2D eigenvalue weighted by Gasteiger charge is 2.65. The van der Waals surface area contributed by atoms with Gasteiger partial charge in [-0.1, -0.05) is 73.0 Å². The van der Waals surface area contributed by atoms with Crippen LogP contribution in [-0.4, -0.2) is 151 Å². The van der Waals surface area contributed by atoms with E-state index in [4.69, 9.17) is 86.2 Å². The molecule has 0 bridgehead atoms. The standard InChI is InChI=1S/C29H49O6P.C18H42O24P6.C2H3ClO.CH4/c1-19(2)8-7-9-20(3)24-12-13-25-23-11-10-21-18-22(34-27(30)35-36(31,32)33-6)14-16-28(21,4)26(23)15-17-29(24,25)5;1-25-43(19,26-2)37-13-14(38-44(20,27-3)28-4)16(40-46(22,31-7)32-8)18(42-48(24,35-11)36-12)17(41-47(23,33-9)34-10)15(13)39-45(21,29-5)30-6;1-2(3)4;/h10,19-20,22-26H,7-9,11-18H2,1-6H3,(H,31,32);13-18H,1-12H3;1H3;1H4/t20-,22-,23?,24?,25?,26?,28?,29?;;;/m0.../s1. The largest absolute Gasteiger partial charge is 0.531 e. The summed E-state index contributed by atoms with van der Waals surface area (Å²) in [6.45, 7) is 13.6. The van der Waals surface area contributed by atoms with Crippen molar-refractivity contribution >= 4 is 77.8 Å². The van der Waals surface area contributed by atoms with Gasteiger partial charge in [0, 0.05) is 106 Å². The van der Waals surface area contributed by atoms with E-state index in [0.29, 0.717) is 17.8 Å². The van der Waals surface area contributed by atoms with E-state index in [0.717, 1.165) is 141 Å². The number of allylic oxidation sites excluding steroid dienone is 1. The third kappa shape index (κ3) is 22.4. The Balaban J connectivity index is 0.000000583. The van der Waals surface area contributed by atoms with E-state index in [2.05, 4.69) is 61.3 Å². The normalized spacial score (nSPS) is 30.1. The maximum Gasteiger partial charge on any atom is 0.531 e. The van der Waals surface area contributed by atoms with Gasteiger partial charge in [0.25, 0.3) is 0 Å². The molecule has 5 aliphatic carbocycles. The smallest absolute Gasteiger partial charge is 0.430 e. The molecule has 5 rings (SSSR count). The van der Waals surface area contributed by atoms with Crippen LogP contribution in [0.2, 0.25) is 0 Å². The molecule has 4 saturated carbocycles. The molecule has 0 aromatic heterocycles. The van der Waals surface area contributed by atoms with Gasteiger partial charge >= 0.3 is 60.9 Å². The van der Waals surface area contributed by atoms with Crippen molar-refractivity contribution in [2.45, 2.75) is 162 Å². The Morgan fingerprint density at radius 3 is 1.20 bits per heavy atom. The molecule has 9 atom stereocenters. The summed E-state index contributed by atoms with van der Waals surface area (Å²) in [5.74, 6) is 4.76. The van der Waals surface area contributed by atoms with Gasteiger partial charge in [0.15, 0.2) is 0 Å². The van der Waals surface area contributed by atoms with Crippen molar-refractivity contribution in [2.24, 2.45) is 46.3 Å². The molecule has 526 valence electrons. The molecule has 89 heavy (non-hydrogen) atoms. The lowest BCUT2D eigenvalue weighted by Gasteiger charge is -2.58. The molecule has 4 fully saturated rings. The van der Waals surface area contributed by atoms with Crippen LogP contribution in [0.1, 0.15) is 120 Å². The van der Waals surface area contributed by atoms with Crippen LogP contribution in [-0.2, 0) is 132 Å². The first-order valence-electron chi connectivity index (χ1n) is 28.0. The van der Waals surface area contributed by atoms with Crippen LogP contribution in [0.4, 0.5) is 4.79 Å². The number of ether oxygens (including phenoxy) is 1. The van der Waals surface area contributed by atoms with Crippen molar-refractivity contribution in [1.82, 2.24) is 0 Å². The zero-order chi connectivity index (χ0) is 67.1. The second-order valence-electron chi connectivity index (χ2n) is 22.0. The highest BCUT2D eigenvalue weighted by molar-refractivity contribution is 7.50.